The van der Waals surface area contributed by atoms with E-state index in [1.807, 2.05) is 24.3 Å². The maximum absolute atomic E-state index is 11.5. The number of ether oxygens (including phenoxy) is 1. The van der Waals surface area contributed by atoms with Crippen LogP contribution in [0.1, 0.15) is 10.4 Å². The van der Waals surface area contributed by atoms with E-state index in [-0.39, 0.29) is 5.97 Å². The first kappa shape index (κ1) is 12.8. The first-order valence-corrected chi connectivity index (χ1v) is 5.73. The fourth-order valence-corrected chi connectivity index (χ4v) is 1.80. The van der Waals surface area contributed by atoms with Crippen LogP contribution in [0.2, 0.25) is 0 Å². The monoisotopic (exact) mass is 255 g/mol. The molecule has 2 aromatic rings. The van der Waals surface area contributed by atoms with Gasteiger partial charge in [-0.05, 0) is 35.4 Å². The third-order valence-electron chi connectivity index (χ3n) is 2.71. The summed E-state index contributed by atoms with van der Waals surface area (Å²) in [6.07, 6.45) is 0.629. The lowest BCUT2D eigenvalue weighted by molar-refractivity contribution is -0.105. The van der Waals surface area contributed by atoms with Crippen molar-refractivity contribution in [2.24, 2.45) is 0 Å². The van der Waals surface area contributed by atoms with E-state index in [9.17, 15) is 9.59 Å². The first-order chi connectivity index (χ1) is 9.24. The molecule has 1 amide bonds. The minimum atomic E-state index is -0.371. The number of benzene rings is 2. The zero-order valence-corrected chi connectivity index (χ0v) is 10.4. The lowest BCUT2D eigenvalue weighted by atomic mass is 10.0. The molecule has 1 N–H and O–H groups in total. The van der Waals surface area contributed by atoms with Crippen LogP contribution in [0.5, 0.6) is 0 Å². The summed E-state index contributed by atoms with van der Waals surface area (Å²) in [5, 5.41) is 2.59. The van der Waals surface area contributed by atoms with Gasteiger partial charge in [-0.3, -0.25) is 4.79 Å². The Hall–Kier alpha value is -2.62. The third-order valence-corrected chi connectivity index (χ3v) is 2.71. The predicted octanol–water partition coefficient (Wildman–Crippen LogP) is 2.71. The Kier molecular flexibility index (Phi) is 3.93. The first-order valence-electron chi connectivity index (χ1n) is 5.73. The van der Waals surface area contributed by atoms with Gasteiger partial charge in [0.25, 0.3) is 0 Å². The second-order valence-electron chi connectivity index (χ2n) is 3.92. The maximum atomic E-state index is 11.5. The number of carbonyl (C=O) groups is 2. The molecule has 0 fully saturated rings. The predicted molar refractivity (Wildman–Crippen MR) is 72.9 cm³/mol. The van der Waals surface area contributed by atoms with Crippen LogP contribution < -0.4 is 5.32 Å². The van der Waals surface area contributed by atoms with E-state index in [0.717, 1.165) is 11.1 Å². The summed E-state index contributed by atoms with van der Waals surface area (Å²) >= 11 is 0. The van der Waals surface area contributed by atoms with Gasteiger partial charge in [0, 0.05) is 5.69 Å². The van der Waals surface area contributed by atoms with E-state index in [2.05, 4.69) is 5.32 Å². The number of amides is 1. The summed E-state index contributed by atoms with van der Waals surface area (Å²) in [6, 6.07) is 14.5. The Labute approximate surface area is 111 Å². The number of hydrogen-bond donors (Lipinski definition) is 1. The molecule has 0 spiro atoms. The van der Waals surface area contributed by atoms with E-state index >= 15 is 0 Å². The van der Waals surface area contributed by atoms with Gasteiger partial charge in [0.2, 0.25) is 6.41 Å². The Morgan fingerprint density at radius 1 is 1.11 bits per heavy atom. The van der Waals surface area contributed by atoms with E-state index in [0.29, 0.717) is 17.7 Å². The van der Waals surface area contributed by atoms with Crippen LogP contribution in [-0.4, -0.2) is 19.5 Å². The molecule has 0 aliphatic heterocycles. The Balaban J connectivity index is 2.38. The molecule has 19 heavy (non-hydrogen) atoms. The normalized spacial score (nSPS) is 9.74. The quantitative estimate of drug-likeness (QED) is 0.675. The molecule has 0 bridgehead atoms. The standard InChI is InChI=1S/C15H13NO3/c1-19-15(18)13-6-2-4-11(8-13)12-5-3-7-14(9-12)16-10-17/h2-10H,1H3,(H,16,17). The smallest absolute Gasteiger partial charge is 0.337 e. The average Bonchev–Trinajstić information content (AvgIpc) is 2.47. The molecule has 2 aromatic carbocycles. The van der Waals surface area contributed by atoms with Gasteiger partial charge in [-0.15, -0.1) is 0 Å². The lowest BCUT2D eigenvalue weighted by Gasteiger charge is -2.06. The van der Waals surface area contributed by atoms with Gasteiger partial charge in [0.15, 0.2) is 0 Å². The molecule has 0 aliphatic carbocycles. The van der Waals surface area contributed by atoms with E-state index in [1.54, 1.807) is 24.3 Å². The number of rotatable bonds is 4. The van der Waals surface area contributed by atoms with Crippen molar-refractivity contribution in [1.82, 2.24) is 0 Å². The van der Waals surface area contributed by atoms with Crippen molar-refractivity contribution in [1.29, 1.82) is 0 Å². The van der Waals surface area contributed by atoms with Crippen LogP contribution in [-0.2, 0) is 9.53 Å². The van der Waals surface area contributed by atoms with Gasteiger partial charge < -0.3 is 10.1 Å². The highest BCUT2D eigenvalue weighted by molar-refractivity contribution is 5.91. The SMILES string of the molecule is COC(=O)c1cccc(-c2cccc(NC=O)c2)c1. The van der Waals surface area contributed by atoms with E-state index < -0.39 is 0 Å². The molecule has 2 rings (SSSR count). The number of methoxy groups -OCH3 is 1. The molecule has 4 nitrogen and oxygen atoms in total. The average molecular weight is 255 g/mol. The summed E-state index contributed by atoms with van der Waals surface area (Å²) in [7, 11) is 1.35. The molecule has 4 heteroatoms. The van der Waals surface area contributed by atoms with E-state index in [1.165, 1.54) is 7.11 Å². The highest BCUT2D eigenvalue weighted by Gasteiger charge is 2.06. The number of carbonyl (C=O) groups excluding carboxylic acids is 2. The summed E-state index contributed by atoms with van der Waals surface area (Å²) in [6.45, 7) is 0. The maximum Gasteiger partial charge on any atom is 0.337 e. The highest BCUT2D eigenvalue weighted by atomic mass is 16.5. The minimum Gasteiger partial charge on any atom is -0.465 e. The van der Waals surface area contributed by atoms with Gasteiger partial charge in [-0.25, -0.2) is 4.79 Å². The van der Waals surface area contributed by atoms with Crippen LogP contribution in [0, 0.1) is 0 Å². The van der Waals surface area contributed by atoms with Crippen molar-refractivity contribution in [3.05, 3.63) is 54.1 Å². The second-order valence-corrected chi connectivity index (χ2v) is 3.92. The van der Waals surface area contributed by atoms with Crippen LogP contribution in [0.3, 0.4) is 0 Å². The second kappa shape index (κ2) is 5.82. The highest BCUT2D eigenvalue weighted by Crippen LogP contribution is 2.23. The zero-order chi connectivity index (χ0) is 13.7. The third kappa shape index (κ3) is 2.98. The molecule has 0 radical (unpaired) electrons. The molecular formula is C15H13NO3. The fraction of sp³-hybridized carbons (Fsp3) is 0.0667. The summed E-state index contributed by atoms with van der Waals surface area (Å²) in [4.78, 5) is 21.9. The molecule has 0 saturated heterocycles. The number of nitrogens with one attached hydrogen (secondary N) is 1. The Bertz CT molecular complexity index is 608. The van der Waals surface area contributed by atoms with Crippen molar-refractivity contribution in [2.45, 2.75) is 0 Å². The molecule has 0 unspecified atom stereocenters. The number of anilines is 1. The van der Waals surface area contributed by atoms with E-state index in [4.69, 9.17) is 4.74 Å². The van der Waals surface area contributed by atoms with Gasteiger partial charge in [-0.1, -0.05) is 24.3 Å². The van der Waals surface area contributed by atoms with Crippen LogP contribution in [0.25, 0.3) is 11.1 Å². The van der Waals surface area contributed by atoms with Crippen molar-refractivity contribution in [2.75, 3.05) is 12.4 Å². The van der Waals surface area contributed by atoms with Crippen LogP contribution in [0.15, 0.2) is 48.5 Å². The molecule has 0 aliphatic rings. The number of hydrogen-bond acceptors (Lipinski definition) is 3. The van der Waals surface area contributed by atoms with Crippen molar-refractivity contribution in [3.63, 3.8) is 0 Å². The van der Waals surface area contributed by atoms with Crippen molar-refractivity contribution < 1.29 is 14.3 Å². The molecule has 96 valence electrons. The number of esters is 1. The summed E-state index contributed by atoms with van der Waals surface area (Å²) < 4.78 is 4.69. The molecule has 0 saturated carbocycles. The topological polar surface area (TPSA) is 55.4 Å². The van der Waals surface area contributed by atoms with Gasteiger partial charge in [-0.2, -0.15) is 0 Å². The van der Waals surface area contributed by atoms with Crippen LogP contribution >= 0.6 is 0 Å². The summed E-state index contributed by atoms with van der Waals surface area (Å²) in [5.41, 5.74) is 3.00. The Morgan fingerprint density at radius 2 is 1.79 bits per heavy atom. The summed E-state index contributed by atoms with van der Waals surface area (Å²) in [5.74, 6) is -0.371. The molecule has 0 aromatic heterocycles. The lowest BCUT2D eigenvalue weighted by Crippen LogP contribution is -2.00. The molecule has 0 heterocycles. The van der Waals surface area contributed by atoms with Gasteiger partial charge >= 0.3 is 5.97 Å². The minimum absolute atomic E-state index is 0.371. The Morgan fingerprint density at radius 3 is 2.47 bits per heavy atom. The molecule has 0 atom stereocenters. The van der Waals surface area contributed by atoms with Crippen LogP contribution in [0.4, 0.5) is 5.69 Å². The van der Waals surface area contributed by atoms with Crippen molar-refractivity contribution in [3.8, 4) is 11.1 Å². The van der Waals surface area contributed by atoms with Crippen molar-refractivity contribution >= 4 is 18.1 Å². The van der Waals surface area contributed by atoms with Gasteiger partial charge in [0.1, 0.15) is 0 Å². The van der Waals surface area contributed by atoms with Gasteiger partial charge in [0.05, 0.1) is 12.7 Å². The fourth-order valence-electron chi connectivity index (χ4n) is 1.80. The molecular weight excluding hydrogens is 242 g/mol. The zero-order valence-electron chi connectivity index (χ0n) is 10.4. The largest absolute Gasteiger partial charge is 0.465 e.